The number of nitrogens with zero attached hydrogens (tertiary/aromatic N) is 1. The van der Waals surface area contributed by atoms with Crippen molar-refractivity contribution >= 4 is 21.9 Å². The van der Waals surface area contributed by atoms with Gasteiger partial charge in [-0.2, -0.15) is 5.10 Å². The Labute approximate surface area is 189 Å². The van der Waals surface area contributed by atoms with Crippen LogP contribution in [0.2, 0.25) is 0 Å². The van der Waals surface area contributed by atoms with Gasteiger partial charge in [0.25, 0.3) is 0 Å². The highest BCUT2D eigenvalue weighted by Gasteiger charge is 2.14. The molecule has 160 valence electrons. The number of rotatable bonds is 5. The van der Waals surface area contributed by atoms with Crippen LogP contribution in [-0.4, -0.2) is 15.3 Å². The van der Waals surface area contributed by atoms with Crippen molar-refractivity contribution in [3.8, 4) is 34.1 Å². The number of furan rings is 1. The normalized spacial score (nSPS) is 11.3. The number of aromatic hydroxyl groups is 1. The lowest BCUT2D eigenvalue weighted by atomic mass is 10.0. The van der Waals surface area contributed by atoms with Gasteiger partial charge in [-0.05, 0) is 53.1 Å². The van der Waals surface area contributed by atoms with Gasteiger partial charge in [0.15, 0.2) is 17.3 Å². The number of hydrogen-bond acceptors (Lipinski definition) is 4. The monoisotopic (exact) mass is 432 g/mol. The molecule has 5 nitrogen and oxygen atoms in total. The maximum atomic E-state index is 10.3. The van der Waals surface area contributed by atoms with Crippen molar-refractivity contribution in [2.24, 2.45) is 0 Å². The van der Waals surface area contributed by atoms with E-state index >= 15 is 0 Å². The SMILES string of the molecule is Oc1ccc(-c2ccc3c(-c4cc5ccccc5o4)n[nH]c3c2)cc1OCc1ccccc1. The Morgan fingerprint density at radius 2 is 1.61 bits per heavy atom. The highest BCUT2D eigenvalue weighted by atomic mass is 16.5. The number of phenols is 1. The Morgan fingerprint density at radius 3 is 2.48 bits per heavy atom. The number of nitrogens with one attached hydrogen (secondary N) is 1. The van der Waals surface area contributed by atoms with Gasteiger partial charge in [-0.15, -0.1) is 0 Å². The fraction of sp³-hybridized carbons (Fsp3) is 0.0357. The zero-order valence-corrected chi connectivity index (χ0v) is 17.7. The Bertz CT molecular complexity index is 1550. The molecule has 0 amide bonds. The number of aromatic amines is 1. The van der Waals surface area contributed by atoms with Gasteiger partial charge in [0, 0.05) is 10.8 Å². The van der Waals surface area contributed by atoms with E-state index in [2.05, 4.69) is 10.2 Å². The number of benzene rings is 4. The first-order valence-electron chi connectivity index (χ1n) is 10.7. The van der Waals surface area contributed by atoms with Crippen LogP contribution in [0.25, 0.3) is 44.5 Å². The van der Waals surface area contributed by atoms with Crippen molar-refractivity contribution < 1.29 is 14.3 Å². The number of phenolic OH excluding ortho intramolecular Hbond substituents is 1. The van der Waals surface area contributed by atoms with Crippen molar-refractivity contribution in [2.75, 3.05) is 0 Å². The first-order chi connectivity index (χ1) is 16.2. The molecule has 2 N–H and O–H groups in total. The van der Waals surface area contributed by atoms with Gasteiger partial charge in [-0.25, -0.2) is 0 Å². The van der Waals surface area contributed by atoms with Crippen LogP contribution in [0.5, 0.6) is 11.5 Å². The van der Waals surface area contributed by atoms with Gasteiger partial charge in [0.05, 0.1) is 5.52 Å². The summed E-state index contributed by atoms with van der Waals surface area (Å²) in [5.74, 6) is 1.30. The molecule has 0 aliphatic carbocycles. The van der Waals surface area contributed by atoms with E-state index in [1.165, 1.54) is 0 Å². The molecule has 2 heterocycles. The number of fused-ring (bicyclic) bond motifs is 2. The van der Waals surface area contributed by atoms with Crippen LogP contribution in [-0.2, 0) is 6.61 Å². The zero-order valence-electron chi connectivity index (χ0n) is 17.7. The Balaban J connectivity index is 1.32. The second kappa shape index (κ2) is 7.88. The third-order valence-corrected chi connectivity index (χ3v) is 5.75. The molecule has 33 heavy (non-hydrogen) atoms. The molecular formula is C28H20N2O3. The molecule has 0 atom stereocenters. The van der Waals surface area contributed by atoms with Crippen molar-refractivity contribution in [1.82, 2.24) is 10.2 Å². The standard InChI is InChI=1S/C28H20N2O3/c31-24-13-11-20(15-26(24)32-17-18-6-2-1-3-7-18)19-10-12-22-23(14-19)29-30-28(22)27-16-21-8-4-5-9-25(21)33-27/h1-16,31H,17H2,(H,29,30). The van der Waals surface area contributed by atoms with Crippen LogP contribution in [0.4, 0.5) is 0 Å². The molecule has 0 saturated heterocycles. The number of ether oxygens (including phenoxy) is 1. The maximum absolute atomic E-state index is 10.3. The number of H-pyrrole nitrogens is 1. The summed E-state index contributed by atoms with van der Waals surface area (Å²) in [5, 5.41) is 19.9. The third-order valence-electron chi connectivity index (χ3n) is 5.75. The van der Waals surface area contributed by atoms with Crippen molar-refractivity contribution in [1.29, 1.82) is 0 Å². The lowest BCUT2D eigenvalue weighted by Gasteiger charge is -2.10. The quantitative estimate of drug-likeness (QED) is 0.310. The molecule has 0 unspecified atom stereocenters. The first kappa shape index (κ1) is 19.2. The van der Waals surface area contributed by atoms with Crippen molar-refractivity contribution in [2.45, 2.75) is 6.61 Å². The molecule has 0 aliphatic heterocycles. The molecule has 6 aromatic rings. The molecular weight excluding hydrogens is 412 g/mol. The molecule has 0 radical (unpaired) electrons. The van der Waals surface area contributed by atoms with Gasteiger partial charge in [0.2, 0.25) is 0 Å². The maximum Gasteiger partial charge on any atom is 0.162 e. The predicted octanol–water partition coefficient (Wildman–Crippen LogP) is 6.93. The van der Waals surface area contributed by atoms with Crippen molar-refractivity contribution in [3.63, 3.8) is 0 Å². The summed E-state index contributed by atoms with van der Waals surface area (Å²) in [6.07, 6.45) is 0. The van der Waals surface area contributed by atoms with E-state index < -0.39 is 0 Å². The highest BCUT2D eigenvalue weighted by Crippen LogP contribution is 2.36. The molecule has 2 aromatic heterocycles. The van der Waals surface area contributed by atoms with E-state index in [1.807, 2.05) is 91.0 Å². The van der Waals surface area contributed by atoms with Crippen LogP contribution < -0.4 is 4.74 Å². The lowest BCUT2D eigenvalue weighted by molar-refractivity contribution is 0.289. The lowest BCUT2D eigenvalue weighted by Crippen LogP contribution is -1.95. The predicted molar refractivity (Wildman–Crippen MR) is 129 cm³/mol. The average molecular weight is 432 g/mol. The summed E-state index contributed by atoms with van der Waals surface area (Å²) in [6, 6.07) is 31.3. The molecule has 4 aromatic carbocycles. The van der Waals surface area contributed by atoms with E-state index in [0.29, 0.717) is 12.4 Å². The molecule has 5 heteroatoms. The number of para-hydroxylation sites is 1. The number of aromatic nitrogens is 2. The topological polar surface area (TPSA) is 71.3 Å². The smallest absolute Gasteiger partial charge is 0.162 e. The summed E-state index contributed by atoms with van der Waals surface area (Å²) >= 11 is 0. The summed E-state index contributed by atoms with van der Waals surface area (Å²) in [7, 11) is 0. The van der Waals surface area contributed by atoms with Crippen LogP contribution in [0.1, 0.15) is 5.56 Å². The highest BCUT2D eigenvalue weighted by molar-refractivity contribution is 5.96. The summed E-state index contributed by atoms with van der Waals surface area (Å²) in [6.45, 7) is 0.387. The van der Waals surface area contributed by atoms with E-state index in [9.17, 15) is 5.11 Å². The average Bonchev–Trinajstić information content (AvgIpc) is 3.47. The van der Waals surface area contributed by atoms with E-state index in [-0.39, 0.29) is 5.75 Å². The summed E-state index contributed by atoms with van der Waals surface area (Å²) in [5.41, 5.74) is 5.50. The zero-order chi connectivity index (χ0) is 22.2. The fourth-order valence-corrected chi connectivity index (χ4v) is 4.03. The molecule has 0 spiro atoms. The molecule has 0 bridgehead atoms. The summed E-state index contributed by atoms with van der Waals surface area (Å²) < 4.78 is 11.9. The minimum absolute atomic E-state index is 0.115. The van der Waals surface area contributed by atoms with Crippen LogP contribution >= 0.6 is 0 Å². The Hall–Kier alpha value is -4.51. The van der Waals surface area contributed by atoms with E-state index in [1.54, 1.807) is 6.07 Å². The van der Waals surface area contributed by atoms with Crippen molar-refractivity contribution in [3.05, 3.63) is 103 Å². The van der Waals surface area contributed by atoms with Gasteiger partial charge in [0.1, 0.15) is 17.9 Å². The summed E-state index contributed by atoms with van der Waals surface area (Å²) in [4.78, 5) is 0. The molecule has 0 aliphatic rings. The van der Waals surface area contributed by atoms with E-state index in [0.717, 1.165) is 50.0 Å². The van der Waals surface area contributed by atoms with Gasteiger partial charge in [-0.3, -0.25) is 5.10 Å². The first-order valence-corrected chi connectivity index (χ1v) is 10.7. The Kier molecular flexibility index (Phi) is 4.58. The largest absolute Gasteiger partial charge is 0.504 e. The Morgan fingerprint density at radius 1 is 0.818 bits per heavy atom. The molecule has 6 rings (SSSR count). The number of hydrogen-bond donors (Lipinski definition) is 2. The van der Waals surface area contributed by atoms with E-state index in [4.69, 9.17) is 9.15 Å². The fourth-order valence-electron chi connectivity index (χ4n) is 4.03. The van der Waals surface area contributed by atoms with Crippen LogP contribution in [0.15, 0.2) is 101 Å². The second-order valence-corrected chi connectivity index (χ2v) is 7.94. The van der Waals surface area contributed by atoms with Gasteiger partial charge < -0.3 is 14.3 Å². The van der Waals surface area contributed by atoms with Gasteiger partial charge >= 0.3 is 0 Å². The minimum Gasteiger partial charge on any atom is -0.504 e. The van der Waals surface area contributed by atoms with Crippen LogP contribution in [0.3, 0.4) is 0 Å². The minimum atomic E-state index is 0.115. The third kappa shape index (κ3) is 3.59. The molecule has 0 saturated carbocycles. The van der Waals surface area contributed by atoms with Crippen LogP contribution in [0, 0.1) is 0 Å². The molecule has 0 fully saturated rings. The second-order valence-electron chi connectivity index (χ2n) is 7.94. The van der Waals surface area contributed by atoms with Gasteiger partial charge in [-0.1, -0.05) is 60.7 Å².